The van der Waals surface area contributed by atoms with Crippen molar-refractivity contribution in [2.24, 2.45) is 0 Å². The Labute approximate surface area is 146 Å². The van der Waals surface area contributed by atoms with Crippen LogP contribution in [0, 0.1) is 0 Å². The molecular formula is C17H14F3N3OS. The summed E-state index contributed by atoms with van der Waals surface area (Å²) in [7, 11) is 0. The average Bonchev–Trinajstić information content (AvgIpc) is 3.04. The zero-order chi connectivity index (χ0) is 17.9. The molecule has 0 radical (unpaired) electrons. The maximum atomic E-state index is 12.5. The van der Waals surface area contributed by atoms with Crippen molar-refractivity contribution in [2.45, 2.75) is 17.4 Å². The van der Waals surface area contributed by atoms with E-state index in [2.05, 4.69) is 10.1 Å². The third kappa shape index (κ3) is 4.21. The Bertz CT molecular complexity index is 765. The van der Waals surface area contributed by atoms with Crippen LogP contribution in [-0.2, 0) is 0 Å². The molecule has 0 spiro atoms. The van der Waals surface area contributed by atoms with Gasteiger partial charge in [-0.3, -0.25) is 0 Å². The molecule has 1 N–H and O–H groups in total. The third-order valence-corrected chi connectivity index (χ3v) is 4.28. The average molecular weight is 365 g/mol. The van der Waals surface area contributed by atoms with E-state index in [-0.39, 0.29) is 5.16 Å². The van der Waals surface area contributed by atoms with Crippen LogP contribution >= 0.6 is 11.8 Å². The van der Waals surface area contributed by atoms with E-state index in [1.54, 1.807) is 4.68 Å². The van der Waals surface area contributed by atoms with Gasteiger partial charge in [0.1, 0.15) is 0 Å². The lowest BCUT2D eigenvalue weighted by atomic mass is 10.2. The fourth-order valence-electron chi connectivity index (χ4n) is 2.13. The van der Waals surface area contributed by atoms with Gasteiger partial charge in [-0.05, 0) is 12.1 Å². The van der Waals surface area contributed by atoms with E-state index in [1.807, 2.05) is 60.7 Å². The second-order valence-corrected chi connectivity index (χ2v) is 6.19. The van der Waals surface area contributed by atoms with E-state index in [9.17, 15) is 13.2 Å². The number of para-hydroxylation sites is 1. The highest BCUT2D eigenvalue weighted by Gasteiger charge is 2.38. The van der Waals surface area contributed by atoms with Crippen molar-refractivity contribution in [3.8, 4) is 17.1 Å². The van der Waals surface area contributed by atoms with Crippen molar-refractivity contribution in [2.75, 3.05) is 5.75 Å². The number of aliphatic hydroxyl groups is 1. The van der Waals surface area contributed by atoms with Crippen LogP contribution in [-0.4, -0.2) is 37.9 Å². The zero-order valence-electron chi connectivity index (χ0n) is 12.9. The van der Waals surface area contributed by atoms with Crippen LogP contribution in [0.25, 0.3) is 17.1 Å². The summed E-state index contributed by atoms with van der Waals surface area (Å²) in [5.74, 6) is -0.0351. The van der Waals surface area contributed by atoms with Gasteiger partial charge in [0, 0.05) is 11.3 Å². The third-order valence-electron chi connectivity index (χ3n) is 3.37. The van der Waals surface area contributed by atoms with Gasteiger partial charge in [-0.25, -0.2) is 9.67 Å². The van der Waals surface area contributed by atoms with Crippen LogP contribution in [0.15, 0.2) is 65.8 Å². The summed E-state index contributed by atoms with van der Waals surface area (Å²) in [6, 6.07) is 18.5. The fourth-order valence-corrected chi connectivity index (χ4v) is 2.91. The molecule has 0 aliphatic heterocycles. The molecule has 0 amide bonds. The molecule has 130 valence electrons. The number of nitrogens with zero attached hydrogens (tertiary/aromatic N) is 3. The van der Waals surface area contributed by atoms with Crippen molar-refractivity contribution in [1.82, 2.24) is 14.8 Å². The van der Waals surface area contributed by atoms with Gasteiger partial charge >= 0.3 is 6.18 Å². The monoisotopic (exact) mass is 365 g/mol. The largest absolute Gasteiger partial charge is 0.415 e. The highest BCUT2D eigenvalue weighted by molar-refractivity contribution is 7.99. The first-order valence-corrected chi connectivity index (χ1v) is 8.39. The van der Waals surface area contributed by atoms with Crippen molar-refractivity contribution in [3.63, 3.8) is 0 Å². The number of rotatable bonds is 5. The lowest BCUT2D eigenvalue weighted by Gasteiger charge is -2.12. The number of aliphatic hydroxyl groups excluding tert-OH is 1. The summed E-state index contributed by atoms with van der Waals surface area (Å²) in [4.78, 5) is 4.35. The van der Waals surface area contributed by atoms with E-state index in [0.717, 1.165) is 23.0 Å². The summed E-state index contributed by atoms with van der Waals surface area (Å²) in [6.45, 7) is 0. The van der Waals surface area contributed by atoms with Crippen LogP contribution in [0.5, 0.6) is 0 Å². The number of hydrogen-bond donors (Lipinski definition) is 1. The second kappa shape index (κ2) is 7.28. The van der Waals surface area contributed by atoms with E-state index in [0.29, 0.717) is 5.82 Å². The van der Waals surface area contributed by atoms with Crippen molar-refractivity contribution in [1.29, 1.82) is 0 Å². The Balaban J connectivity index is 1.93. The SMILES string of the molecule is O[C@H](CSc1nc(-c2ccccc2)n(-c2ccccc2)n1)C(F)(F)F. The molecule has 0 fully saturated rings. The van der Waals surface area contributed by atoms with Gasteiger partial charge < -0.3 is 5.11 Å². The molecule has 4 nitrogen and oxygen atoms in total. The molecular weight excluding hydrogens is 351 g/mol. The van der Waals surface area contributed by atoms with Crippen LogP contribution in [0.2, 0.25) is 0 Å². The van der Waals surface area contributed by atoms with Gasteiger partial charge in [-0.1, -0.05) is 60.3 Å². The molecule has 0 bridgehead atoms. The van der Waals surface area contributed by atoms with Gasteiger partial charge in [0.05, 0.1) is 5.69 Å². The summed E-state index contributed by atoms with van der Waals surface area (Å²) in [5, 5.41) is 13.6. The quantitative estimate of drug-likeness (QED) is 0.696. The Morgan fingerprint density at radius 1 is 1.00 bits per heavy atom. The van der Waals surface area contributed by atoms with Gasteiger partial charge in [-0.2, -0.15) is 13.2 Å². The topological polar surface area (TPSA) is 50.9 Å². The molecule has 1 atom stereocenters. The van der Waals surface area contributed by atoms with Crippen molar-refractivity contribution in [3.05, 3.63) is 60.7 Å². The van der Waals surface area contributed by atoms with Crippen LogP contribution < -0.4 is 0 Å². The van der Waals surface area contributed by atoms with Crippen molar-refractivity contribution < 1.29 is 18.3 Å². The summed E-state index contributed by atoms with van der Waals surface area (Å²) in [6.07, 6.45) is -7.07. The smallest absolute Gasteiger partial charge is 0.383 e. The van der Waals surface area contributed by atoms with Gasteiger partial charge in [0.2, 0.25) is 5.16 Å². The summed E-state index contributed by atoms with van der Waals surface area (Å²) >= 11 is 0.767. The normalized spacial score (nSPS) is 13.0. The number of benzene rings is 2. The number of thioether (sulfide) groups is 1. The first kappa shape index (κ1) is 17.5. The molecule has 0 saturated heterocycles. The number of hydrogen-bond acceptors (Lipinski definition) is 4. The Kier molecular flexibility index (Phi) is 5.10. The standard InChI is InChI=1S/C17H14F3N3OS/c18-17(19,20)14(24)11-25-16-21-15(12-7-3-1-4-8-12)23(22-16)13-9-5-2-6-10-13/h1-10,14,24H,11H2/t14-/m1/s1. The number of alkyl halides is 3. The van der Waals surface area contributed by atoms with Gasteiger partial charge in [-0.15, -0.1) is 5.10 Å². The lowest BCUT2D eigenvalue weighted by Crippen LogP contribution is -2.30. The van der Waals surface area contributed by atoms with Crippen LogP contribution in [0.1, 0.15) is 0 Å². The minimum Gasteiger partial charge on any atom is -0.383 e. The molecule has 3 rings (SSSR count). The maximum Gasteiger partial charge on any atom is 0.415 e. The first-order chi connectivity index (χ1) is 11.9. The molecule has 2 aromatic carbocycles. The minimum absolute atomic E-state index is 0.172. The second-order valence-electron chi connectivity index (χ2n) is 5.20. The lowest BCUT2D eigenvalue weighted by molar-refractivity contribution is -0.195. The Hall–Kier alpha value is -2.32. The Morgan fingerprint density at radius 2 is 1.60 bits per heavy atom. The minimum atomic E-state index is -4.66. The van der Waals surface area contributed by atoms with E-state index < -0.39 is 18.0 Å². The van der Waals surface area contributed by atoms with Gasteiger partial charge in [0.15, 0.2) is 11.9 Å². The molecule has 3 aromatic rings. The molecule has 25 heavy (non-hydrogen) atoms. The van der Waals surface area contributed by atoms with Gasteiger partial charge in [0.25, 0.3) is 0 Å². The molecule has 1 aromatic heterocycles. The van der Waals surface area contributed by atoms with Crippen LogP contribution in [0.4, 0.5) is 13.2 Å². The zero-order valence-corrected chi connectivity index (χ0v) is 13.7. The molecule has 0 aliphatic carbocycles. The maximum absolute atomic E-state index is 12.5. The Morgan fingerprint density at radius 3 is 2.20 bits per heavy atom. The molecule has 1 heterocycles. The highest BCUT2D eigenvalue weighted by Crippen LogP contribution is 2.28. The predicted molar refractivity (Wildman–Crippen MR) is 89.6 cm³/mol. The van der Waals surface area contributed by atoms with E-state index in [1.165, 1.54) is 0 Å². The summed E-state index contributed by atoms with van der Waals surface area (Å²) < 4.78 is 39.0. The molecule has 0 unspecified atom stereocenters. The predicted octanol–water partition coefficient (Wildman–Crippen LogP) is 3.95. The number of aromatic nitrogens is 3. The number of halogens is 3. The van der Waals surface area contributed by atoms with Crippen molar-refractivity contribution >= 4 is 11.8 Å². The van der Waals surface area contributed by atoms with Crippen LogP contribution in [0.3, 0.4) is 0 Å². The molecule has 8 heteroatoms. The first-order valence-electron chi connectivity index (χ1n) is 7.40. The summed E-state index contributed by atoms with van der Waals surface area (Å²) in [5.41, 5.74) is 1.54. The molecule has 0 aliphatic rings. The molecule has 0 saturated carbocycles. The van der Waals surface area contributed by atoms with E-state index in [4.69, 9.17) is 5.11 Å². The fraction of sp³-hybridized carbons (Fsp3) is 0.176. The highest BCUT2D eigenvalue weighted by atomic mass is 32.2. The van der Waals surface area contributed by atoms with E-state index >= 15 is 0 Å².